The van der Waals surface area contributed by atoms with Crippen molar-refractivity contribution in [1.29, 1.82) is 0 Å². The van der Waals surface area contributed by atoms with E-state index in [1.165, 1.54) is 11.3 Å². The van der Waals surface area contributed by atoms with Crippen molar-refractivity contribution in [2.75, 3.05) is 12.0 Å². The molecule has 3 aromatic carbocycles. The Hall–Kier alpha value is -3.64. The van der Waals surface area contributed by atoms with Crippen LogP contribution >= 0.6 is 11.3 Å². The Bertz CT molecular complexity index is 1380. The number of aromatic nitrogens is 1. The zero-order valence-electron chi connectivity index (χ0n) is 17.2. The number of carbonyl (C=O) groups is 1. The maximum absolute atomic E-state index is 13.8. The molecule has 0 saturated carbocycles. The van der Waals surface area contributed by atoms with Crippen molar-refractivity contribution in [2.45, 2.75) is 13.5 Å². The molecule has 2 heterocycles. The summed E-state index contributed by atoms with van der Waals surface area (Å²) < 4.78 is 12.1. The van der Waals surface area contributed by atoms with Crippen LogP contribution in [0, 0.1) is 6.92 Å². The highest BCUT2D eigenvalue weighted by atomic mass is 32.1. The number of furan rings is 1. The number of carbonyl (C=O) groups excluding carboxylic acids is 1. The van der Waals surface area contributed by atoms with E-state index in [1.54, 1.807) is 18.3 Å². The molecule has 0 fully saturated rings. The molecule has 2 aromatic heterocycles. The monoisotopic (exact) mass is 428 g/mol. The molecule has 0 aliphatic carbocycles. The number of anilines is 1. The van der Waals surface area contributed by atoms with Gasteiger partial charge in [0.1, 0.15) is 17.0 Å². The Labute approximate surface area is 183 Å². The lowest BCUT2D eigenvalue weighted by Gasteiger charge is -2.19. The van der Waals surface area contributed by atoms with Crippen molar-refractivity contribution in [2.24, 2.45) is 0 Å². The van der Waals surface area contributed by atoms with Gasteiger partial charge in [0.05, 0.1) is 24.6 Å². The van der Waals surface area contributed by atoms with E-state index in [1.807, 2.05) is 73.7 Å². The van der Waals surface area contributed by atoms with Gasteiger partial charge in [0.15, 0.2) is 5.13 Å². The van der Waals surface area contributed by atoms with E-state index < -0.39 is 0 Å². The van der Waals surface area contributed by atoms with Crippen molar-refractivity contribution in [3.8, 4) is 5.75 Å². The minimum atomic E-state index is -0.121. The fourth-order valence-electron chi connectivity index (χ4n) is 3.72. The zero-order chi connectivity index (χ0) is 21.4. The van der Waals surface area contributed by atoms with Crippen LogP contribution in [0.3, 0.4) is 0 Å². The topological polar surface area (TPSA) is 55.6 Å². The third-order valence-electron chi connectivity index (χ3n) is 5.30. The van der Waals surface area contributed by atoms with Crippen molar-refractivity contribution in [3.05, 3.63) is 89.9 Å². The number of thiazole rings is 1. The van der Waals surface area contributed by atoms with Gasteiger partial charge in [-0.1, -0.05) is 53.8 Å². The molecule has 0 aliphatic heterocycles. The van der Waals surface area contributed by atoms with Crippen LogP contribution in [0.4, 0.5) is 5.13 Å². The first-order valence-electron chi connectivity index (χ1n) is 9.92. The molecule has 5 nitrogen and oxygen atoms in total. The van der Waals surface area contributed by atoms with E-state index in [4.69, 9.17) is 14.1 Å². The number of aryl methyl sites for hydroxylation is 1. The molecule has 0 radical (unpaired) electrons. The molecule has 0 saturated heterocycles. The van der Waals surface area contributed by atoms with E-state index in [2.05, 4.69) is 0 Å². The van der Waals surface area contributed by atoms with Gasteiger partial charge >= 0.3 is 0 Å². The molecule has 0 bridgehead atoms. The molecular formula is C25H20N2O3S. The smallest absolute Gasteiger partial charge is 0.261 e. The molecule has 5 rings (SSSR count). The summed E-state index contributed by atoms with van der Waals surface area (Å²) in [7, 11) is 1.63. The SMILES string of the molecule is COc1ccc(C)c2sc(N(Cc3ccco3)C(=O)c3cccc4ccccc34)nc12. The average molecular weight is 429 g/mol. The Morgan fingerprint density at radius 3 is 2.71 bits per heavy atom. The lowest BCUT2D eigenvalue weighted by molar-refractivity contribution is 0.0985. The van der Waals surface area contributed by atoms with E-state index >= 15 is 0 Å². The summed E-state index contributed by atoms with van der Waals surface area (Å²) in [6, 6.07) is 21.3. The first-order chi connectivity index (χ1) is 15.2. The van der Waals surface area contributed by atoms with Gasteiger partial charge in [-0.05, 0) is 47.5 Å². The summed E-state index contributed by atoms with van der Waals surface area (Å²) in [6.45, 7) is 2.32. The Morgan fingerprint density at radius 2 is 1.90 bits per heavy atom. The highest BCUT2D eigenvalue weighted by Gasteiger charge is 2.25. The first kappa shape index (κ1) is 19.3. The van der Waals surface area contributed by atoms with Crippen LogP contribution < -0.4 is 9.64 Å². The lowest BCUT2D eigenvalue weighted by atomic mass is 10.0. The number of fused-ring (bicyclic) bond motifs is 2. The molecule has 154 valence electrons. The standard InChI is InChI=1S/C25H20N2O3S/c1-16-12-13-21(29-2)22-23(16)31-25(26-22)27(15-18-9-6-14-30-18)24(28)20-11-5-8-17-7-3-4-10-19(17)20/h3-14H,15H2,1-2H3. The van der Waals surface area contributed by atoms with Gasteiger partial charge < -0.3 is 9.15 Å². The average Bonchev–Trinajstić information content (AvgIpc) is 3.47. The van der Waals surface area contributed by atoms with Crippen LogP contribution in [0.25, 0.3) is 21.0 Å². The summed E-state index contributed by atoms with van der Waals surface area (Å²) in [5.41, 5.74) is 2.49. The number of rotatable bonds is 5. The van der Waals surface area contributed by atoms with Gasteiger partial charge in [-0.15, -0.1) is 0 Å². The maximum Gasteiger partial charge on any atom is 0.261 e. The summed E-state index contributed by atoms with van der Waals surface area (Å²) in [5, 5.41) is 2.54. The Morgan fingerprint density at radius 1 is 1.06 bits per heavy atom. The molecule has 0 spiro atoms. The van der Waals surface area contributed by atoms with E-state index in [9.17, 15) is 4.79 Å². The van der Waals surface area contributed by atoms with Crippen LogP contribution in [0.1, 0.15) is 21.7 Å². The van der Waals surface area contributed by atoms with Gasteiger partial charge in [0.25, 0.3) is 5.91 Å². The van der Waals surface area contributed by atoms with Crippen LogP contribution in [0.5, 0.6) is 5.75 Å². The maximum atomic E-state index is 13.8. The Balaban J connectivity index is 1.66. The number of nitrogens with zero attached hydrogens (tertiary/aromatic N) is 2. The second-order valence-corrected chi connectivity index (χ2v) is 8.23. The number of methoxy groups -OCH3 is 1. The number of ether oxygens (including phenoxy) is 1. The van der Waals surface area contributed by atoms with Crippen LogP contribution in [0.15, 0.2) is 77.4 Å². The number of amides is 1. The normalized spacial score (nSPS) is 11.2. The summed E-state index contributed by atoms with van der Waals surface area (Å²) in [5.74, 6) is 1.26. The minimum Gasteiger partial charge on any atom is -0.494 e. The molecule has 0 atom stereocenters. The van der Waals surface area contributed by atoms with Gasteiger partial charge in [-0.3, -0.25) is 9.69 Å². The third-order valence-corrected chi connectivity index (χ3v) is 6.52. The van der Waals surface area contributed by atoms with Crippen molar-refractivity contribution in [3.63, 3.8) is 0 Å². The predicted molar refractivity (Wildman–Crippen MR) is 124 cm³/mol. The molecule has 6 heteroatoms. The molecule has 0 aliphatic rings. The molecule has 0 N–H and O–H groups in total. The fraction of sp³-hybridized carbons (Fsp3) is 0.120. The van der Waals surface area contributed by atoms with Crippen molar-refractivity contribution in [1.82, 2.24) is 4.98 Å². The number of benzene rings is 3. The quantitative estimate of drug-likeness (QED) is 0.334. The van der Waals surface area contributed by atoms with Crippen LogP contribution in [-0.4, -0.2) is 18.0 Å². The first-order valence-corrected chi connectivity index (χ1v) is 10.7. The zero-order valence-corrected chi connectivity index (χ0v) is 18.0. The molecule has 31 heavy (non-hydrogen) atoms. The van der Waals surface area contributed by atoms with Crippen molar-refractivity contribution >= 4 is 43.4 Å². The molecule has 0 unspecified atom stereocenters. The fourth-order valence-corrected chi connectivity index (χ4v) is 4.77. The van der Waals surface area contributed by atoms with Gasteiger partial charge in [-0.25, -0.2) is 4.98 Å². The third kappa shape index (κ3) is 3.45. The van der Waals surface area contributed by atoms with E-state index in [0.29, 0.717) is 22.2 Å². The Kier molecular flexibility index (Phi) is 4.92. The largest absolute Gasteiger partial charge is 0.494 e. The van der Waals surface area contributed by atoms with Crippen molar-refractivity contribution < 1.29 is 13.9 Å². The van der Waals surface area contributed by atoms with Gasteiger partial charge in [0, 0.05) is 5.56 Å². The van der Waals surface area contributed by atoms with Gasteiger partial charge in [0.2, 0.25) is 0 Å². The van der Waals surface area contributed by atoms with Gasteiger partial charge in [-0.2, -0.15) is 0 Å². The summed E-state index contributed by atoms with van der Waals surface area (Å²) in [6.07, 6.45) is 1.61. The number of hydrogen-bond acceptors (Lipinski definition) is 5. The molecule has 5 aromatic rings. The second-order valence-electron chi connectivity index (χ2n) is 7.26. The summed E-state index contributed by atoms with van der Waals surface area (Å²) in [4.78, 5) is 20.3. The van der Waals surface area contributed by atoms with Crippen LogP contribution in [-0.2, 0) is 6.54 Å². The minimum absolute atomic E-state index is 0.121. The van der Waals surface area contributed by atoms with Crippen LogP contribution in [0.2, 0.25) is 0 Å². The highest BCUT2D eigenvalue weighted by Crippen LogP contribution is 2.37. The predicted octanol–water partition coefficient (Wildman–Crippen LogP) is 6.21. The van der Waals surface area contributed by atoms with E-state index in [0.717, 1.165) is 26.6 Å². The molecular weight excluding hydrogens is 408 g/mol. The summed E-state index contributed by atoms with van der Waals surface area (Å²) >= 11 is 1.48. The lowest BCUT2D eigenvalue weighted by Crippen LogP contribution is -2.30. The number of hydrogen-bond donors (Lipinski definition) is 0. The highest BCUT2D eigenvalue weighted by molar-refractivity contribution is 7.22. The van der Waals surface area contributed by atoms with E-state index in [-0.39, 0.29) is 12.5 Å². The molecule has 1 amide bonds. The second kappa shape index (κ2) is 7.89.